The Morgan fingerprint density at radius 1 is 1.30 bits per heavy atom. The maximum absolute atomic E-state index is 5.40. The van der Waals surface area contributed by atoms with Gasteiger partial charge in [0, 0.05) is 31.1 Å². The predicted octanol–water partition coefficient (Wildman–Crippen LogP) is 2.37. The number of rotatable bonds is 3. The fourth-order valence-corrected chi connectivity index (χ4v) is 2.47. The molecular weight excluding hydrogens is 254 g/mol. The van der Waals surface area contributed by atoms with E-state index in [0.29, 0.717) is 11.8 Å². The topological polar surface area (TPSA) is 67.9 Å². The number of hydrogen-bond donors (Lipinski definition) is 0. The third-order valence-electron chi connectivity index (χ3n) is 3.71. The van der Waals surface area contributed by atoms with E-state index in [1.54, 1.807) is 12.5 Å². The minimum Gasteiger partial charge on any atom is -0.356 e. The summed E-state index contributed by atoms with van der Waals surface area (Å²) in [5, 5.41) is 4.05. The highest BCUT2D eigenvalue weighted by Gasteiger charge is 2.26. The van der Waals surface area contributed by atoms with E-state index in [9.17, 15) is 0 Å². The first-order valence-corrected chi connectivity index (χ1v) is 7.08. The summed E-state index contributed by atoms with van der Waals surface area (Å²) < 4.78 is 5.40. The van der Waals surface area contributed by atoms with E-state index in [2.05, 4.69) is 38.9 Å². The van der Waals surface area contributed by atoms with Crippen molar-refractivity contribution in [3.8, 4) is 0 Å². The number of hydrogen-bond acceptors (Lipinski definition) is 6. The molecule has 106 valence electrons. The normalized spacial score (nSPS) is 16.9. The van der Waals surface area contributed by atoms with Crippen molar-refractivity contribution >= 4 is 5.82 Å². The molecule has 1 fully saturated rings. The minimum absolute atomic E-state index is 0.314. The Hall–Kier alpha value is -1.98. The van der Waals surface area contributed by atoms with Gasteiger partial charge in [-0.3, -0.25) is 0 Å². The highest BCUT2D eigenvalue weighted by molar-refractivity contribution is 5.37. The van der Waals surface area contributed by atoms with Crippen molar-refractivity contribution in [2.75, 3.05) is 18.0 Å². The van der Waals surface area contributed by atoms with Crippen LogP contribution in [0.4, 0.5) is 5.82 Å². The Bertz CT molecular complexity index is 546. The van der Waals surface area contributed by atoms with Crippen molar-refractivity contribution in [1.29, 1.82) is 0 Å². The Labute approximate surface area is 118 Å². The lowest BCUT2D eigenvalue weighted by molar-refractivity contribution is 0.325. The second-order valence-electron chi connectivity index (χ2n) is 5.47. The quantitative estimate of drug-likeness (QED) is 0.855. The van der Waals surface area contributed by atoms with Crippen LogP contribution < -0.4 is 4.90 Å². The third-order valence-corrected chi connectivity index (χ3v) is 3.71. The summed E-state index contributed by atoms with van der Waals surface area (Å²) in [6.07, 6.45) is 5.41. The summed E-state index contributed by atoms with van der Waals surface area (Å²) in [6.45, 7) is 6.07. The SMILES string of the molecule is CC(C)c1noc(C2CCN(c3ccncn3)CC2)n1. The van der Waals surface area contributed by atoms with E-state index < -0.39 is 0 Å². The Kier molecular flexibility index (Phi) is 3.62. The van der Waals surface area contributed by atoms with Crippen LogP contribution in [0.3, 0.4) is 0 Å². The molecule has 0 radical (unpaired) electrons. The van der Waals surface area contributed by atoms with Crippen molar-refractivity contribution in [2.24, 2.45) is 0 Å². The molecular formula is C14H19N5O. The molecule has 0 unspecified atom stereocenters. The van der Waals surface area contributed by atoms with Crippen molar-refractivity contribution < 1.29 is 4.52 Å². The van der Waals surface area contributed by atoms with Gasteiger partial charge in [0.15, 0.2) is 5.82 Å². The van der Waals surface area contributed by atoms with E-state index in [4.69, 9.17) is 4.52 Å². The van der Waals surface area contributed by atoms with Crippen molar-refractivity contribution in [3.63, 3.8) is 0 Å². The summed E-state index contributed by atoms with van der Waals surface area (Å²) in [7, 11) is 0. The summed E-state index contributed by atoms with van der Waals surface area (Å²) >= 11 is 0. The van der Waals surface area contributed by atoms with Gasteiger partial charge in [0.05, 0.1) is 0 Å². The molecule has 1 aliphatic heterocycles. The molecule has 0 N–H and O–H groups in total. The number of nitrogens with zero attached hydrogens (tertiary/aromatic N) is 5. The van der Waals surface area contributed by atoms with Gasteiger partial charge < -0.3 is 9.42 Å². The van der Waals surface area contributed by atoms with Crippen LogP contribution in [0, 0.1) is 0 Å². The molecule has 3 rings (SSSR count). The summed E-state index contributed by atoms with van der Waals surface area (Å²) in [5.41, 5.74) is 0. The van der Waals surface area contributed by atoms with Crippen LogP contribution in [0.15, 0.2) is 23.1 Å². The van der Waals surface area contributed by atoms with Gasteiger partial charge in [-0.15, -0.1) is 0 Å². The number of aromatic nitrogens is 4. The van der Waals surface area contributed by atoms with Gasteiger partial charge in [-0.25, -0.2) is 9.97 Å². The summed E-state index contributed by atoms with van der Waals surface area (Å²) in [6, 6.07) is 1.95. The van der Waals surface area contributed by atoms with E-state index in [0.717, 1.165) is 43.5 Å². The largest absolute Gasteiger partial charge is 0.356 e. The van der Waals surface area contributed by atoms with Crippen LogP contribution in [0.2, 0.25) is 0 Å². The fraction of sp³-hybridized carbons (Fsp3) is 0.571. The lowest BCUT2D eigenvalue weighted by Crippen LogP contribution is -2.33. The maximum atomic E-state index is 5.40. The lowest BCUT2D eigenvalue weighted by atomic mass is 9.97. The standard InChI is InChI=1S/C14H19N5O/c1-10(2)13-17-14(20-18-13)11-4-7-19(8-5-11)12-3-6-15-9-16-12/h3,6,9-11H,4-5,7-8H2,1-2H3. The second-order valence-corrected chi connectivity index (χ2v) is 5.47. The molecule has 0 spiro atoms. The van der Waals surface area contributed by atoms with Crippen LogP contribution in [-0.4, -0.2) is 33.2 Å². The Morgan fingerprint density at radius 3 is 2.70 bits per heavy atom. The van der Waals surface area contributed by atoms with Crippen LogP contribution in [0.5, 0.6) is 0 Å². The highest BCUT2D eigenvalue weighted by Crippen LogP contribution is 2.29. The van der Waals surface area contributed by atoms with Gasteiger partial charge in [-0.2, -0.15) is 4.98 Å². The molecule has 20 heavy (non-hydrogen) atoms. The molecule has 2 aromatic rings. The number of piperidine rings is 1. The molecule has 2 aromatic heterocycles. The van der Waals surface area contributed by atoms with Crippen LogP contribution in [-0.2, 0) is 0 Å². The molecule has 1 saturated heterocycles. The smallest absolute Gasteiger partial charge is 0.229 e. The average Bonchev–Trinajstić information content (AvgIpc) is 2.98. The molecule has 0 aliphatic carbocycles. The highest BCUT2D eigenvalue weighted by atomic mass is 16.5. The fourth-order valence-electron chi connectivity index (χ4n) is 2.47. The van der Waals surface area contributed by atoms with Crippen molar-refractivity contribution in [3.05, 3.63) is 30.3 Å². The molecule has 0 saturated carbocycles. The van der Waals surface area contributed by atoms with Gasteiger partial charge >= 0.3 is 0 Å². The molecule has 0 atom stereocenters. The molecule has 0 amide bonds. The van der Waals surface area contributed by atoms with E-state index in [1.807, 2.05) is 6.07 Å². The van der Waals surface area contributed by atoms with E-state index in [1.165, 1.54) is 0 Å². The zero-order valence-corrected chi connectivity index (χ0v) is 11.9. The van der Waals surface area contributed by atoms with Crippen LogP contribution in [0.25, 0.3) is 0 Å². The van der Waals surface area contributed by atoms with Gasteiger partial charge in [0.1, 0.15) is 12.1 Å². The first kappa shape index (κ1) is 13.0. The minimum atomic E-state index is 0.314. The zero-order chi connectivity index (χ0) is 13.9. The van der Waals surface area contributed by atoms with Gasteiger partial charge in [-0.1, -0.05) is 19.0 Å². The summed E-state index contributed by atoms with van der Waals surface area (Å²) in [5.74, 6) is 3.27. The van der Waals surface area contributed by atoms with Crippen molar-refractivity contribution in [2.45, 2.75) is 38.5 Å². The number of anilines is 1. The molecule has 6 nitrogen and oxygen atoms in total. The molecule has 6 heteroatoms. The van der Waals surface area contributed by atoms with Crippen molar-refractivity contribution in [1.82, 2.24) is 20.1 Å². The second kappa shape index (κ2) is 5.56. The molecule has 1 aliphatic rings. The lowest BCUT2D eigenvalue weighted by Gasteiger charge is -2.31. The van der Waals surface area contributed by atoms with Gasteiger partial charge in [0.2, 0.25) is 5.89 Å². The Balaban J connectivity index is 1.63. The molecule has 3 heterocycles. The van der Waals surface area contributed by atoms with Gasteiger partial charge in [0.25, 0.3) is 0 Å². The van der Waals surface area contributed by atoms with Crippen LogP contribution in [0.1, 0.15) is 50.2 Å². The predicted molar refractivity (Wildman–Crippen MR) is 74.6 cm³/mol. The maximum Gasteiger partial charge on any atom is 0.229 e. The monoisotopic (exact) mass is 273 g/mol. The van der Waals surface area contributed by atoms with Crippen LogP contribution >= 0.6 is 0 Å². The van der Waals surface area contributed by atoms with E-state index >= 15 is 0 Å². The molecule has 0 bridgehead atoms. The summed E-state index contributed by atoms with van der Waals surface area (Å²) in [4.78, 5) is 15.0. The first-order valence-electron chi connectivity index (χ1n) is 7.08. The van der Waals surface area contributed by atoms with Gasteiger partial charge in [-0.05, 0) is 18.9 Å². The molecule has 0 aromatic carbocycles. The average molecular weight is 273 g/mol. The third kappa shape index (κ3) is 2.64. The zero-order valence-electron chi connectivity index (χ0n) is 11.9. The van der Waals surface area contributed by atoms with E-state index in [-0.39, 0.29) is 0 Å². The first-order chi connectivity index (χ1) is 9.74. The Morgan fingerprint density at radius 2 is 2.10 bits per heavy atom.